The molecule has 1 saturated heterocycles. The highest BCUT2D eigenvalue weighted by Crippen LogP contribution is 2.26. The third kappa shape index (κ3) is 5.47. The molecule has 6 heteroatoms. The zero-order valence-electron chi connectivity index (χ0n) is 13.4. The number of rotatable bonds is 10. The molecule has 6 nitrogen and oxygen atoms in total. The van der Waals surface area contributed by atoms with E-state index in [4.69, 9.17) is 18.9 Å². The molecule has 0 saturated carbocycles. The van der Waals surface area contributed by atoms with Gasteiger partial charge in [0, 0.05) is 20.3 Å². The van der Waals surface area contributed by atoms with Gasteiger partial charge in [-0.15, -0.1) is 0 Å². The lowest BCUT2D eigenvalue weighted by molar-refractivity contribution is -0.310. The molecule has 126 valence electrons. The van der Waals surface area contributed by atoms with Crippen molar-refractivity contribution in [3.8, 4) is 0 Å². The van der Waals surface area contributed by atoms with E-state index in [1.54, 1.807) is 0 Å². The van der Waals surface area contributed by atoms with Crippen LogP contribution in [0.1, 0.15) is 39.5 Å². The van der Waals surface area contributed by atoms with Gasteiger partial charge in [-0.1, -0.05) is 26.7 Å². The van der Waals surface area contributed by atoms with E-state index in [0.29, 0.717) is 13.2 Å². The Hall–Kier alpha value is -0.240. The van der Waals surface area contributed by atoms with Gasteiger partial charge in [-0.2, -0.15) is 0 Å². The number of methoxy groups -OCH3 is 1. The van der Waals surface area contributed by atoms with Crippen LogP contribution in [0.5, 0.6) is 0 Å². The van der Waals surface area contributed by atoms with Crippen molar-refractivity contribution in [2.75, 3.05) is 26.9 Å². The molecule has 1 heterocycles. The van der Waals surface area contributed by atoms with Gasteiger partial charge >= 0.3 is 0 Å². The molecule has 0 aliphatic carbocycles. The Morgan fingerprint density at radius 1 is 1.00 bits per heavy atom. The van der Waals surface area contributed by atoms with Crippen LogP contribution in [-0.4, -0.2) is 67.8 Å². The molecule has 1 aliphatic heterocycles. The SMILES string of the molecule is CCCCOC1[C@@H](OC)OC(CO)[C@@H](O)[C@@H]1OCCCC. The molecular weight excluding hydrogens is 276 g/mol. The maximum atomic E-state index is 10.3. The van der Waals surface area contributed by atoms with Gasteiger partial charge in [-0.05, 0) is 12.8 Å². The van der Waals surface area contributed by atoms with Crippen molar-refractivity contribution >= 4 is 0 Å². The van der Waals surface area contributed by atoms with E-state index in [1.165, 1.54) is 7.11 Å². The Morgan fingerprint density at radius 2 is 1.57 bits per heavy atom. The highest BCUT2D eigenvalue weighted by atomic mass is 16.7. The number of aliphatic hydroxyl groups excluding tert-OH is 2. The van der Waals surface area contributed by atoms with E-state index in [2.05, 4.69) is 13.8 Å². The van der Waals surface area contributed by atoms with Crippen LogP contribution in [0.15, 0.2) is 0 Å². The van der Waals surface area contributed by atoms with Gasteiger partial charge < -0.3 is 29.2 Å². The van der Waals surface area contributed by atoms with E-state index in [9.17, 15) is 10.2 Å². The zero-order chi connectivity index (χ0) is 15.7. The minimum absolute atomic E-state index is 0.281. The molecule has 0 aromatic carbocycles. The van der Waals surface area contributed by atoms with E-state index < -0.39 is 30.7 Å². The standard InChI is InChI=1S/C15H30O6/c1-4-6-8-19-13-12(17)11(10-16)21-15(18-3)14(13)20-9-7-5-2/h11-17H,4-10H2,1-3H3/t11?,12-,13+,14?,15+/m1/s1. The number of unbranched alkanes of at least 4 members (excludes halogenated alkanes) is 2. The molecule has 0 aromatic rings. The molecule has 5 atom stereocenters. The predicted molar refractivity (Wildman–Crippen MR) is 78.1 cm³/mol. The lowest BCUT2D eigenvalue weighted by Gasteiger charge is -2.43. The molecule has 0 aromatic heterocycles. The van der Waals surface area contributed by atoms with Crippen LogP contribution >= 0.6 is 0 Å². The quantitative estimate of drug-likeness (QED) is 0.588. The van der Waals surface area contributed by atoms with Crippen molar-refractivity contribution in [3.05, 3.63) is 0 Å². The summed E-state index contributed by atoms with van der Waals surface area (Å²) in [6.07, 6.45) is 0.542. The highest BCUT2D eigenvalue weighted by molar-refractivity contribution is 4.91. The number of aliphatic hydroxyl groups is 2. The van der Waals surface area contributed by atoms with Crippen LogP contribution in [0.25, 0.3) is 0 Å². The summed E-state index contributed by atoms with van der Waals surface area (Å²) < 4.78 is 22.5. The second kappa shape index (κ2) is 10.5. The van der Waals surface area contributed by atoms with Crippen molar-refractivity contribution in [2.24, 2.45) is 0 Å². The fraction of sp³-hybridized carbons (Fsp3) is 1.00. The summed E-state index contributed by atoms with van der Waals surface area (Å²) in [7, 11) is 1.52. The number of hydrogen-bond donors (Lipinski definition) is 2. The first kappa shape index (κ1) is 18.8. The van der Waals surface area contributed by atoms with Gasteiger partial charge in [-0.25, -0.2) is 0 Å². The normalized spacial score (nSPS) is 33.3. The fourth-order valence-corrected chi connectivity index (χ4v) is 2.33. The average Bonchev–Trinajstić information content (AvgIpc) is 2.50. The van der Waals surface area contributed by atoms with Gasteiger partial charge in [0.2, 0.25) is 0 Å². The molecule has 0 bridgehead atoms. The van der Waals surface area contributed by atoms with Gasteiger partial charge in [0.15, 0.2) is 6.29 Å². The number of hydrogen-bond acceptors (Lipinski definition) is 6. The molecule has 1 fully saturated rings. The van der Waals surface area contributed by atoms with Gasteiger partial charge in [-0.3, -0.25) is 0 Å². The summed E-state index contributed by atoms with van der Waals surface area (Å²) in [5, 5.41) is 19.7. The molecule has 1 rings (SSSR count). The van der Waals surface area contributed by atoms with Crippen LogP contribution in [0.4, 0.5) is 0 Å². The topological polar surface area (TPSA) is 77.4 Å². The predicted octanol–water partition coefficient (Wildman–Crippen LogP) is 1.08. The second-order valence-corrected chi connectivity index (χ2v) is 5.33. The van der Waals surface area contributed by atoms with Crippen molar-refractivity contribution < 1.29 is 29.2 Å². The second-order valence-electron chi connectivity index (χ2n) is 5.33. The van der Waals surface area contributed by atoms with E-state index in [1.807, 2.05) is 0 Å². The average molecular weight is 306 g/mol. The van der Waals surface area contributed by atoms with Crippen molar-refractivity contribution in [1.29, 1.82) is 0 Å². The molecular formula is C15H30O6. The Morgan fingerprint density at radius 3 is 2.05 bits per heavy atom. The van der Waals surface area contributed by atoms with Crippen LogP contribution in [0.3, 0.4) is 0 Å². The minimum atomic E-state index is -0.926. The summed E-state index contributed by atoms with van der Waals surface area (Å²) in [5.41, 5.74) is 0. The third-order valence-electron chi connectivity index (χ3n) is 3.65. The maximum Gasteiger partial charge on any atom is 0.186 e. The minimum Gasteiger partial charge on any atom is -0.394 e. The first-order chi connectivity index (χ1) is 10.2. The van der Waals surface area contributed by atoms with Crippen molar-refractivity contribution in [3.63, 3.8) is 0 Å². The van der Waals surface area contributed by atoms with Crippen LogP contribution in [0.2, 0.25) is 0 Å². The molecule has 2 unspecified atom stereocenters. The van der Waals surface area contributed by atoms with E-state index in [-0.39, 0.29) is 6.61 Å². The molecule has 0 amide bonds. The largest absolute Gasteiger partial charge is 0.394 e. The summed E-state index contributed by atoms with van der Waals surface area (Å²) in [4.78, 5) is 0. The van der Waals surface area contributed by atoms with E-state index >= 15 is 0 Å². The zero-order valence-corrected chi connectivity index (χ0v) is 13.4. The summed E-state index contributed by atoms with van der Waals surface area (Å²) in [6, 6.07) is 0. The Labute approximate surface area is 127 Å². The summed E-state index contributed by atoms with van der Waals surface area (Å²) >= 11 is 0. The lowest BCUT2D eigenvalue weighted by Crippen LogP contribution is -2.60. The number of ether oxygens (including phenoxy) is 4. The Balaban J connectivity index is 2.72. The van der Waals surface area contributed by atoms with Gasteiger partial charge in [0.1, 0.15) is 24.4 Å². The third-order valence-corrected chi connectivity index (χ3v) is 3.65. The monoisotopic (exact) mass is 306 g/mol. The van der Waals surface area contributed by atoms with Gasteiger partial charge in [0.05, 0.1) is 6.61 Å². The molecule has 21 heavy (non-hydrogen) atoms. The maximum absolute atomic E-state index is 10.3. The Bertz CT molecular complexity index is 263. The fourth-order valence-electron chi connectivity index (χ4n) is 2.33. The molecule has 0 radical (unpaired) electrons. The molecule has 2 N–H and O–H groups in total. The van der Waals surface area contributed by atoms with Crippen molar-refractivity contribution in [1.82, 2.24) is 0 Å². The van der Waals surface area contributed by atoms with Crippen LogP contribution in [-0.2, 0) is 18.9 Å². The lowest BCUT2D eigenvalue weighted by atomic mass is 9.98. The first-order valence-corrected chi connectivity index (χ1v) is 7.89. The Kier molecular flexibility index (Phi) is 9.39. The summed E-state index contributed by atoms with van der Waals surface area (Å²) in [6.45, 7) is 4.99. The van der Waals surface area contributed by atoms with Crippen molar-refractivity contribution in [2.45, 2.75) is 70.2 Å². The summed E-state index contributed by atoms with van der Waals surface area (Å²) in [5.74, 6) is 0. The highest BCUT2D eigenvalue weighted by Gasteiger charge is 2.46. The first-order valence-electron chi connectivity index (χ1n) is 7.89. The van der Waals surface area contributed by atoms with E-state index in [0.717, 1.165) is 25.7 Å². The smallest absolute Gasteiger partial charge is 0.186 e. The van der Waals surface area contributed by atoms with Gasteiger partial charge in [0.25, 0.3) is 0 Å². The van der Waals surface area contributed by atoms with Crippen LogP contribution < -0.4 is 0 Å². The molecule has 0 spiro atoms. The van der Waals surface area contributed by atoms with Crippen LogP contribution in [0, 0.1) is 0 Å². The molecule has 1 aliphatic rings.